The highest BCUT2D eigenvalue weighted by Gasteiger charge is 2.19. The molecule has 0 aromatic rings. The van der Waals surface area contributed by atoms with Crippen molar-refractivity contribution in [3.8, 4) is 0 Å². The molecule has 0 aromatic heterocycles. The standard InChI is InChI=1S/C14H29N3O/c1-3-13-6-4-10-17(12-13)11-7-14(18)16(2)9-5-8-15/h13H,3-12,15H2,1-2H3. The second kappa shape index (κ2) is 8.48. The number of piperidine rings is 1. The Balaban J connectivity index is 2.21. The normalized spacial score (nSPS) is 20.9. The quantitative estimate of drug-likeness (QED) is 0.746. The van der Waals surface area contributed by atoms with E-state index in [1.165, 1.54) is 25.8 Å². The molecule has 1 atom stereocenters. The van der Waals surface area contributed by atoms with Gasteiger partial charge in [-0.05, 0) is 38.3 Å². The molecule has 1 rings (SSSR count). The van der Waals surface area contributed by atoms with E-state index in [4.69, 9.17) is 5.73 Å². The summed E-state index contributed by atoms with van der Waals surface area (Å²) in [6, 6.07) is 0. The molecule has 4 heteroatoms. The van der Waals surface area contributed by atoms with Crippen LogP contribution in [0.25, 0.3) is 0 Å². The van der Waals surface area contributed by atoms with E-state index >= 15 is 0 Å². The molecular formula is C14H29N3O. The third-order valence-electron chi connectivity index (χ3n) is 3.95. The molecule has 1 aliphatic heterocycles. The molecule has 1 unspecified atom stereocenters. The molecular weight excluding hydrogens is 226 g/mol. The largest absolute Gasteiger partial charge is 0.346 e. The lowest BCUT2D eigenvalue weighted by atomic mass is 9.95. The number of hydrogen-bond donors (Lipinski definition) is 1. The summed E-state index contributed by atoms with van der Waals surface area (Å²) >= 11 is 0. The lowest BCUT2D eigenvalue weighted by Gasteiger charge is -2.32. The zero-order valence-electron chi connectivity index (χ0n) is 12.0. The van der Waals surface area contributed by atoms with Gasteiger partial charge in [0.05, 0.1) is 0 Å². The van der Waals surface area contributed by atoms with E-state index in [1.807, 2.05) is 11.9 Å². The second-order valence-corrected chi connectivity index (χ2v) is 5.42. The molecule has 0 spiro atoms. The first-order chi connectivity index (χ1) is 8.67. The molecule has 0 saturated carbocycles. The number of nitrogens with zero attached hydrogens (tertiary/aromatic N) is 2. The summed E-state index contributed by atoms with van der Waals surface area (Å²) in [7, 11) is 1.88. The van der Waals surface area contributed by atoms with Crippen molar-refractivity contribution in [2.75, 3.05) is 39.8 Å². The molecule has 1 saturated heterocycles. The smallest absolute Gasteiger partial charge is 0.223 e. The Labute approximate surface area is 111 Å². The van der Waals surface area contributed by atoms with Gasteiger partial charge < -0.3 is 15.5 Å². The van der Waals surface area contributed by atoms with Gasteiger partial charge in [0.25, 0.3) is 0 Å². The number of carbonyl (C=O) groups excluding carboxylic acids is 1. The minimum Gasteiger partial charge on any atom is -0.346 e. The van der Waals surface area contributed by atoms with Crippen molar-refractivity contribution in [3.05, 3.63) is 0 Å². The minimum atomic E-state index is 0.252. The summed E-state index contributed by atoms with van der Waals surface area (Å²) in [4.78, 5) is 16.2. The Bertz CT molecular complexity index is 245. The summed E-state index contributed by atoms with van der Waals surface area (Å²) in [6.45, 7) is 6.96. The fraction of sp³-hybridized carbons (Fsp3) is 0.929. The monoisotopic (exact) mass is 255 g/mol. The third kappa shape index (κ3) is 5.36. The number of amides is 1. The minimum absolute atomic E-state index is 0.252. The SMILES string of the molecule is CCC1CCCN(CCC(=O)N(C)CCCN)C1. The van der Waals surface area contributed by atoms with Gasteiger partial charge in [-0.3, -0.25) is 4.79 Å². The van der Waals surface area contributed by atoms with Crippen molar-refractivity contribution in [2.24, 2.45) is 11.7 Å². The van der Waals surface area contributed by atoms with Crippen molar-refractivity contribution in [2.45, 2.75) is 39.0 Å². The van der Waals surface area contributed by atoms with Crippen LogP contribution in [0.2, 0.25) is 0 Å². The first-order valence-electron chi connectivity index (χ1n) is 7.33. The van der Waals surface area contributed by atoms with E-state index in [1.54, 1.807) is 0 Å². The highest BCUT2D eigenvalue weighted by Crippen LogP contribution is 2.19. The van der Waals surface area contributed by atoms with Crippen LogP contribution in [0, 0.1) is 5.92 Å². The number of rotatable bonds is 7. The highest BCUT2D eigenvalue weighted by atomic mass is 16.2. The summed E-state index contributed by atoms with van der Waals surface area (Å²) in [5.74, 6) is 1.09. The van der Waals surface area contributed by atoms with Crippen LogP contribution in [0.3, 0.4) is 0 Å². The molecule has 0 bridgehead atoms. The van der Waals surface area contributed by atoms with Crippen LogP contribution in [0.1, 0.15) is 39.0 Å². The summed E-state index contributed by atoms with van der Waals surface area (Å²) < 4.78 is 0. The van der Waals surface area contributed by atoms with E-state index < -0.39 is 0 Å². The average molecular weight is 255 g/mol. The first-order valence-corrected chi connectivity index (χ1v) is 7.33. The number of hydrogen-bond acceptors (Lipinski definition) is 3. The van der Waals surface area contributed by atoms with E-state index in [9.17, 15) is 4.79 Å². The van der Waals surface area contributed by atoms with Crippen LogP contribution in [-0.2, 0) is 4.79 Å². The molecule has 4 nitrogen and oxygen atoms in total. The molecule has 1 heterocycles. The average Bonchev–Trinajstić information content (AvgIpc) is 2.42. The molecule has 1 amide bonds. The highest BCUT2D eigenvalue weighted by molar-refractivity contribution is 5.76. The van der Waals surface area contributed by atoms with Gasteiger partial charge in [0.1, 0.15) is 0 Å². The summed E-state index contributed by atoms with van der Waals surface area (Å²) in [5.41, 5.74) is 5.45. The van der Waals surface area contributed by atoms with E-state index in [0.29, 0.717) is 13.0 Å². The number of carbonyl (C=O) groups is 1. The van der Waals surface area contributed by atoms with Gasteiger partial charge >= 0.3 is 0 Å². The summed E-state index contributed by atoms with van der Waals surface area (Å²) in [6.07, 6.45) is 5.45. The maximum atomic E-state index is 11.9. The zero-order valence-corrected chi connectivity index (χ0v) is 12.0. The topological polar surface area (TPSA) is 49.6 Å². The Hall–Kier alpha value is -0.610. The lowest BCUT2D eigenvalue weighted by molar-refractivity contribution is -0.130. The van der Waals surface area contributed by atoms with Crippen LogP contribution in [0.4, 0.5) is 0 Å². The predicted molar refractivity (Wildman–Crippen MR) is 75.4 cm³/mol. The van der Waals surface area contributed by atoms with Crippen LogP contribution in [-0.4, -0.2) is 55.5 Å². The Morgan fingerprint density at radius 2 is 2.28 bits per heavy atom. The van der Waals surface area contributed by atoms with Gasteiger partial charge in [0, 0.05) is 33.1 Å². The number of likely N-dealkylation sites (tertiary alicyclic amines) is 1. The van der Waals surface area contributed by atoms with E-state index in [2.05, 4.69) is 11.8 Å². The van der Waals surface area contributed by atoms with Gasteiger partial charge in [0.15, 0.2) is 0 Å². The van der Waals surface area contributed by atoms with Crippen LogP contribution in [0.15, 0.2) is 0 Å². The predicted octanol–water partition coefficient (Wildman–Crippen LogP) is 1.31. The van der Waals surface area contributed by atoms with Gasteiger partial charge in [-0.1, -0.05) is 13.3 Å². The lowest BCUT2D eigenvalue weighted by Crippen LogP contribution is -2.38. The molecule has 0 aliphatic carbocycles. The molecule has 0 aromatic carbocycles. The van der Waals surface area contributed by atoms with Crippen molar-refractivity contribution in [3.63, 3.8) is 0 Å². The van der Waals surface area contributed by atoms with Gasteiger partial charge in [-0.15, -0.1) is 0 Å². The van der Waals surface area contributed by atoms with E-state index in [0.717, 1.165) is 32.0 Å². The summed E-state index contributed by atoms with van der Waals surface area (Å²) in [5, 5.41) is 0. The zero-order chi connectivity index (χ0) is 13.4. The second-order valence-electron chi connectivity index (χ2n) is 5.42. The van der Waals surface area contributed by atoms with E-state index in [-0.39, 0.29) is 5.91 Å². The van der Waals surface area contributed by atoms with Crippen molar-refractivity contribution < 1.29 is 4.79 Å². The molecule has 18 heavy (non-hydrogen) atoms. The Morgan fingerprint density at radius 3 is 2.94 bits per heavy atom. The van der Waals surface area contributed by atoms with Crippen LogP contribution >= 0.6 is 0 Å². The van der Waals surface area contributed by atoms with Gasteiger partial charge in [0.2, 0.25) is 5.91 Å². The van der Waals surface area contributed by atoms with Gasteiger partial charge in [-0.25, -0.2) is 0 Å². The maximum absolute atomic E-state index is 11.9. The van der Waals surface area contributed by atoms with Crippen LogP contribution in [0.5, 0.6) is 0 Å². The molecule has 106 valence electrons. The van der Waals surface area contributed by atoms with Crippen LogP contribution < -0.4 is 5.73 Å². The fourth-order valence-corrected chi connectivity index (χ4v) is 2.59. The van der Waals surface area contributed by atoms with Crippen molar-refractivity contribution >= 4 is 5.91 Å². The molecule has 0 radical (unpaired) electrons. The van der Waals surface area contributed by atoms with Crippen molar-refractivity contribution in [1.29, 1.82) is 0 Å². The molecule has 2 N–H and O–H groups in total. The van der Waals surface area contributed by atoms with Crippen molar-refractivity contribution in [1.82, 2.24) is 9.80 Å². The maximum Gasteiger partial charge on any atom is 0.223 e. The van der Waals surface area contributed by atoms with Gasteiger partial charge in [-0.2, -0.15) is 0 Å². The Kier molecular flexibility index (Phi) is 7.28. The first kappa shape index (κ1) is 15.4. The third-order valence-corrected chi connectivity index (χ3v) is 3.95. The molecule has 1 fully saturated rings. The Morgan fingerprint density at radius 1 is 1.50 bits per heavy atom. The number of nitrogens with two attached hydrogens (primary N) is 1. The fourth-order valence-electron chi connectivity index (χ4n) is 2.59. The molecule has 1 aliphatic rings.